The third kappa shape index (κ3) is 2.82. The average molecular weight is 258 g/mol. The first-order chi connectivity index (χ1) is 8.70. The van der Waals surface area contributed by atoms with Crippen molar-refractivity contribution in [2.24, 2.45) is 0 Å². The first-order valence-electron chi connectivity index (χ1n) is 5.57. The molecular weight excluding hydrogens is 246 g/mol. The smallest absolute Gasteiger partial charge is 0.121 e. The number of aryl methyl sites for hydroxylation is 1. The molecule has 2 rings (SSSR count). The topological polar surface area (TPSA) is 33.0 Å². The van der Waals surface area contributed by atoms with Crippen LogP contribution in [0.4, 0.5) is 0 Å². The van der Waals surface area contributed by atoms with Crippen molar-refractivity contribution in [1.82, 2.24) is 0 Å². The second-order valence-electron chi connectivity index (χ2n) is 3.97. The molecule has 0 bridgehead atoms. The van der Waals surface area contributed by atoms with Crippen LogP contribution in [-0.2, 0) is 6.61 Å². The maximum Gasteiger partial charge on any atom is 0.121 e. The van der Waals surface area contributed by atoms with Gasteiger partial charge >= 0.3 is 0 Å². The fourth-order valence-corrected chi connectivity index (χ4v) is 1.82. The Balaban J connectivity index is 2.10. The number of nitrogens with zero attached hydrogens (tertiary/aromatic N) is 1. The lowest BCUT2D eigenvalue weighted by Gasteiger charge is -2.09. The molecule has 0 aliphatic carbocycles. The van der Waals surface area contributed by atoms with Crippen molar-refractivity contribution < 1.29 is 4.74 Å². The fourth-order valence-electron chi connectivity index (χ4n) is 1.61. The zero-order chi connectivity index (χ0) is 13.0. The normalized spacial score (nSPS) is 9.83. The van der Waals surface area contributed by atoms with Gasteiger partial charge < -0.3 is 4.74 Å². The molecule has 0 amide bonds. The van der Waals surface area contributed by atoms with Crippen LogP contribution in [0.2, 0.25) is 5.02 Å². The minimum Gasteiger partial charge on any atom is -0.489 e. The van der Waals surface area contributed by atoms with Crippen molar-refractivity contribution in [2.75, 3.05) is 0 Å². The lowest BCUT2D eigenvalue weighted by Crippen LogP contribution is -1.97. The number of hydrogen-bond acceptors (Lipinski definition) is 2. The van der Waals surface area contributed by atoms with Crippen LogP contribution in [-0.4, -0.2) is 0 Å². The molecule has 0 N–H and O–H groups in total. The number of halogens is 1. The van der Waals surface area contributed by atoms with Crippen molar-refractivity contribution in [1.29, 1.82) is 5.26 Å². The van der Waals surface area contributed by atoms with E-state index in [4.69, 9.17) is 21.6 Å². The minimum atomic E-state index is 0.416. The van der Waals surface area contributed by atoms with Crippen molar-refractivity contribution in [3.63, 3.8) is 0 Å². The first-order valence-corrected chi connectivity index (χ1v) is 5.95. The van der Waals surface area contributed by atoms with E-state index in [0.29, 0.717) is 22.9 Å². The molecule has 0 fully saturated rings. The number of hydrogen-bond donors (Lipinski definition) is 0. The van der Waals surface area contributed by atoms with E-state index in [-0.39, 0.29) is 0 Å². The highest BCUT2D eigenvalue weighted by Crippen LogP contribution is 2.23. The van der Waals surface area contributed by atoms with Crippen LogP contribution in [0.5, 0.6) is 5.75 Å². The van der Waals surface area contributed by atoms with Crippen LogP contribution in [0.3, 0.4) is 0 Å². The monoisotopic (exact) mass is 257 g/mol. The maximum absolute atomic E-state index is 8.78. The highest BCUT2D eigenvalue weighted by molar-refractivity contribution is 6.31. The van der Waals surface area contributed by atoms with Gasteiger partial charge in [0.2, 0.25) is 0 Å². The first kappa shape index (κ1) is 12.5. The van der Waals surface area contributed by atoms with Crippen molar-refractivity contribution in [2.45, 2.75) is 13.5 Å². The van der Waals surface area contributed by atoms with Gasteiger partial charge in [0.25, 0.3) is 0 Å². The molecular formula is C15H12ClNO. The molecule has 0 aromatic heterocycles. The molecule has 3 heteroatoms. The standard InChI is InChI=1S/C15H12ClNO/c1-11-4-2-3-5-13(11)10-18-14-7-6-12(9-17)15(16)8-14/h2-8H,10H2,1H3. The second kappa shape index (κ2) is 5.57. The Labute approximate surface area is 111 Å². The van der Waals surface area contributed by atoms with Crippen molar-refractivity contribution in [3.8, 4) is 11.8 Å². The third-order valence-corrected chi connectivity index (χ3v) is 3.03. The van der Waals surface area contributed by atoms with Gasteiger partial charge in [0.05, 0.1) is 10.6 Å². The Kier molecular flexibility index (Phi) is 3.86. The van der Waals surface area contributed by atoms with Gasteiger partial charge in [-0.05, 0) is 30.2 Å². The molecule has 0 radical (unpaired) electrons. The molecule has 2 aromatic rings. The molecule has 0 saturated heterocycles. The Morgan fingerprint density at radius 1 is 1.22 bits per heavy atom. The van der Waals surface area contributed by atoms with Crippen molar-refractivity contribution >= 4 is 11.6 Å². The van der Waals surface area contributed by atoms with E-state index in [0.717, 1.165) is 5.56 Å². The molecule has 0 heterocycles. The summed E-state index contributed by atoms with van der Waals surface area (Å²) in [5.41, 5.74) is 2.79. The Morgan fingerprint density at radius 2 is 2.00 bits per heavy atom. The van der Waals surface area contributed by atoms with Gasteiger partial charge in [-0.3, -0.25) is 0 Å². The number of benzene rings is 2. The van der Waals surface area contributed by atoms with Crippen LogP contribution in [0, 0.1) is 18.3 Å². The molecule has 2 nitrogen and oxygen atoms in total. The molecule has 0 saturated carbocycles. The van der Waals surface area contributed by atoms with Crippen LogP contribution >= 0.6 is 11.6 Å². The third-order valence-electron chi connectivity index (χ3n) is 2.72. The predicted octanol–water partition coefficient (Wildman–Crippen LogP) is 4.10. The SMILES string of the molecule is Cc1ccccc1COc1ccc(C#N)c(Cl)c1. The maximum atomic E-state index is 8.78. The van der Waals surface area contributed by atoms with Gasteiger partial charge in [0.1, 0.15) is 18.4 Å². The van der Waals surface area contributed by atoms with Gasteiger partial charge in [-0.25, -0.2) is 0 Å². The molecule has 18 heavy (non-hydrogen) atoms. The van der Waals surface area contributed by atoms with Crippen LogP contribution < -0.4 is 4.74 Å². The predicted molar refractivity (Wildman–Crippen MR) is 71.7 cm³/mol. The lowest BCUT2D eigenvalue weighted by molar-refractivity contribution is 0.305. The summed E-state index contributed by atoms with van der Waals surface area (Å²) in [6.07, 6.45) is 0. The summed E-state index contributed by atoms with van der Waals surface area (Å²) in [7, 11) is 0. The summed E-state index contributed by atoms with van der Waals surface area (Å²) < 4.78 is 5.66. The summed E-state index contributed by atoms with van der Waals surface area (Å²) in [6, 6.07) is 15.2. The molecule has 0 spiro atoms. The lowest BCUT2D eigenvalue weighted by atomic mass is 10.1. The Hall–Kier alpha value is -1.98. The van der Waals surface area contributed by atoms with Crippen molar-refractivity contribution in [3.05, 3.63) is 64.2 Å². The van der Waals surface area contributed by atoms with Gasteiger partial charge in [-0.1, -0.05) is 35.9 Å². The number of ether oxygens (including phenoxy) is 1. The quantitative estimate of drug-likeness (QED) is 0.829. The highest BCUT2D eigenvalue weighted by Gasteiger charge is 2.03. The summed E-state index contributed by atoms with van der Waals surface area (Å²) in [6.45, 7) is 2.54. The van der Waals surface area contributed by atoms with Gasteiger partial charge in [-0.2, -0.15) is 5.26 Å². The minimum absolute atomic E-state index is 0.416. The van der Waals surface area contributed by atoms with E-state index in [1.165, 1.54) is 5.56 Å². The van der Waals surface area contributed by atoms with Crippen LogP contribution in [0.25, 0.3) is 0 Å². The number of nitriles is 1. The Morgan fingerprint density at radius 3 is 2.67 bits per heavy atom. The summed E-state index contributed by atoms with van der Waals surface area (Å²) >= 11 is 5.94. The van der Waals surface area contributed by atoms with Crippen LogP contribution in [0.15, 0.2) is 42.5 Å². The second-order valence-corrected chi connectivity index (χ2v) is 4.38. The average Bonchev–Trinajstić information content (AvgIpc) is 2.38. The van der Waals surface area contributed by atoms with E-state index in [1.807, 2.05) is 37.3 Å². The van der Waals surface area contributed by atoms with Crippen LogP contribution in [0.1, 0.15) is 16.7 Å². The molecule has 0 atom stereocenters. The van der Waals surface area contributed by atoms with E-state index < -0.39 is 0 Å². The summed E-state index contributed by atoms with van der Waals surface area (Å²) in [5, 5.41) is 9.19. The summed E-state index contributed by atoms with van der Waals surface area (Å²) in [4.78, 5) is 0. The molecule has 2 aromatic carbocycles. The van der Waals surface area contributed by atoms with Gasteiger partial charge in [0.15, 0.2) is 0 Å². The molecule has 0 aliphatic heterocycles. The fraction of sp³-hybridized carbons (Fsp3) is 0.133. The van der Waals surface area contributed by atoms with E-state index in [2.05, 4.69) is 0 Å². The molecule has 90 valence electrons. The van der Waals surface area contributed by atoms with Gasteiger partial charge in [0, 0.05) is 6.07 Å². The van der Waals surface area contributed by atoms with E-state index >= 15 is 0 Å². The number of rotatable bonds is 3. The zero-order valence-corrected chi connectivity index (χ0v) is 10.7. The van der Waals surface area contributed by atoms with E-state index in [9.17, 15) is 0 Å². The van der Waals surface area contributed by atoms with E-state index in [1.54, 1.807) is 18.2 Å². The van der Waals surface area contributed by atoms with Gasteiger partial charge in [-0.15, -0.1) is 0 Å². The summed E-state index contributed by atoms with van der Waals surface area (Å²) in [5.74, 6) is 0.669. The zero-order valence-electron chi connectivity index (χ0n) is 9.98. The highest BCUT2D eigenvalue weighted by atomic mass is 35.5. The molecule has 0 unspecified atom stereocenters. The Bertz CT molecular complexity index is 602. The largest absolute Gasteiger partial charge is 0.489 e. The molecule has 0 aliphatic rings.